The summed E-state index contributed by atoms with van der Waals surface area (Å²) in [6, 6.07) is 5.15. The van der Waals surface area contributed by atoms with Gasteiger partial charge in [-0.3, -0.25) is 13.9 Å². The van der Waals surface area contributed by atoms with E-state index in [1.54, 1.807) is 39.4 Å². The number of ether oxygens (including phenoxy) is 1. The normalized spacial score (nSPS) is 12.6. The van der Waals surface area contributed by atoms with Gasteiger partial charge >= 0.3 is 5.69 Å². The molecule has 1 unspecified atom stereocenters. The molecule has 1 N–H and O–H groups in total. The highest BCUT2D eigenvalue weighted by Crippen LogP contribution is 2.16. The van der Waals surface area contributed by atoms with E-state index in [4.69, 9.17) is 4.74 Å². The third kappa shape index (κ3) is 2.34. The van der Waals surface area contributed by atoms with Crippen molar-refractivity contribution in [3.05, 3.63) is 39.0 Å². The van der Waals surface area contributed by atoms with Gasteiger partial charge in [0.05, 0.1) is 18.0 Å². The lowest BCUT2D eigenvalue weighted by Gasteiger charge is -2.15. The van der Waals surface area contributed by atoms with Crippen LogP contribution in [-0.4, -0.2) is 29.3 Å². The molecular weight excluding hydrogens is 258 g/mol. The minimum absolute atomic E-state index is 0.0381. The highest BCUT2D eigenvalue weighted by molar-refractivity contribution is 5.79. The van der Waals surface area contributed by atoms with Crippen molar-refractivity contribution in [3.8, 4) is 5.75 Å². The van der Waals surface area contributed by atoms with Gasteiger partial charge < -0.3 is 10.1 Å². The minimum Gasteiger partial charge on any atom is -0.497 e. The number of hydrogen-bond acceptors (Lipinski definition) is 4. The highest BCUT2D eigenvalue weighted by Gasteiger charge is 2.13. The first-order valence-electron chi connectivity index (χ1n) is 6.44. The molecule has 6 nitrogen and oxygen atoms in total. The Balaban J connectivity index is 2.74. The molecule has 0 aliphatic carbocycles. The number of methoxy groups -OCH3 is 1. The zero-order chi connectivity index (χ0) is 14.9. The summed E-state index contributed by atoms with van der Waals surface area (Å²) in [5.74, 6) is 0.619. The molecule has 0 spiro atoms. The van der Waals surface area contributed by atoms with Crippen molar-refractivity contribution in [2.24, 2.45) is 7.05 Å². The molecule has 2 rings (SSSR count). The fraction of sp³-hybridized carbons (Fsp3) is 0.429. The SMILES string of the molecule is CNC(C)Cn1c(=O)c2ccc(OC)cc2n(C)c1=O. The molecule has 1 heterocycles. The fourth-order valence-electron chi connectivity index (χ4n) is 2.14. The van der Waals surface area contributed by atoms with Crippen molar-refractivity contribution in [3.63, 3.8) is 0 Å². The van der Waals surface area contributed by atoms with Gasteiger partial charge in [0.25, 0.3) is 5.56 Å². The van der Waals surface area contributed by atoms with Gasteiger partial charge in [0.2, 0.25) is 0 Å². The van der Waals surface area contributed by atoms with E-state index >= 15 is 0 Å². The monoisotopic (exact) mass is 277 g/mol. The summed E-state index contributed by atoms with van der Waals surface area (Å²) in [5, 5.41) is 3.54. The summed E-state index contributed by atoms with van der Waals surface area (Å²) in [7, 11) is 5.01. The van der Waals surface area contributed by atoms with Crippen molar-refractivity contribution < 1.29 is 4.74 Å². The van der Waals surface area contributed by atoms with Crippen molar-refractivity contribution in [2.75, 3.05) is 14.2 Å². The zero-order valence-corrected chi connectivity index (χ0v) is 12.1. The van der Waals surface area contributed by atoms with Gasteiger partial charge in [-0.15, -0.1) is 0 Å². The summed E-state index contributed by atoms with van der Waals surface area (Å²) >= 11 is 0. The van der Waals surface area contributed by atoms with Crippen LogP contribution in [0, 0.1) is 0 Å². The quantitative estimate of drug-likeness (QED) is 0.874. The summed E-state index contributed by atoms with van der Waals surface area (Å²) in [6.07, 6.45) is 0. The number of fused-ring (bicyclic) bond motifs is 1. The van der Waals surface area contributed by atoms with E-state index in [1.165, 1.54) is 9.13 Å². The Morgan fingerprint density at radius 1 is 1.35 bits per heavy atom. The van der Waals surface area contributed by atoms with E-state index in [2.05, 4.69) is 5.32 Å². The number of aryl methyl sites for hydroxylation is 1. The molecule has 2 aromatic rings. The molecule has 0 fully saturated rings. The van der Waals surface area contributed by atoms with Gasteiger partial charge in [-0.2, -0.15) is 0 Å². The van der Waals surface area contributed by atoms with Crippen molar-refractivity contribution in [1.82, 2.24) is 14.5 Å². The second kappa shape index (κ2) is 5.50. The molecule has 0 aliphatic heterocycles. The molecule has 1 aromatic carbocycles. The predicted octanol–water partition coefficient (Wildman–Crippen LogP) is 0.317. The first-order valence-corrected chi connectivity index (χ1v) is 6.44. The molecule has 1 atom stereocenters. The molecule has 20 heavy (non-hydrogen) atoms. The molecule has 108 valence electrons. The van der Waals surface area contributed by atoms with E-state index in [0.717, 1.165) is 0 Å². The van der Waals surface area contributed by atoms with E-state index in [-0.39, 0.29) is 17.3 Å². The van der Waals surface area contributed by atoms with Crippen LogP contribution in [0.25, 0.3) is 10.9 Å². The summed E-state index contributed by atoms with van der Waals surface area (Å²) in [6.45, 7) is 2.26. The zero-order valence-electron chi connectivity index (χ0n) is 12.1. The van der Waals surface area contributed by atoms with E-state index in [9.17, 15) is 9.59 Å². The second-order valence-corrected chi connectivity index (χ2v) is 4.83. The second-order valence-electron chi connectivity index (χ2n) is 4.83. The molecule has 6 heteroatoms. The summed E-state index contributed by atoms with van der Waals surface area (Å²) in [5.41, 5.74) is -0.0154. The average molecular weight is 277 g/mol. The Morgan fingerprint density at radius 3 is 2.65 bits per heavy atom. The Labute approximate surface area is 116 Å². The Bertz CT molecular complexity index is 746. The average Bonchev–Trinajstić information content (AvgIpc) is 2.48. The third-order valence-electron chi connectivity index (χ3n) is 3.51. The molecule has 0 aliphatic rings. The number of rotatable bonds is 4. The van der Waals surface area contributed by atoms with Crippen LogP contribution in [0.2, 0.25) is 0 Å². The Hall–Kier alpha value is -2.08. The Morgan fingerprint density at radius 2 is 2.05 bits per heavy atom. The lowest BCUT2D eigenvalue weighted by atomic mass is 10.2. The van der Waals surface area contributed by atoms with Crippen LogP contribution in [0.1, 0.15) is 6.92 Å². The van der Waals surface area contributed by atoms with Gasteiger partial charge in [0.1, 0.15) is 5.75 Å². The maximum atomic E-state index is 12.4. The number of benzene rings is 1. The largest absolute Gasteiger partial charge is 0.497 e. The van der Waals surface area contributed by atoms with E-state index in [0.29, 0.717) is 23.2 Å². The van der Waals surface area contributed by atoms with Crippen LogP contribution in [0.5, 0.6) is 5.75 Å². The summed E-state index contributed by atoms with van der Waals surface area (Å²) in [4.78, 5) is 24.7. The number of hydrogen-bond donors (Lipinski definition) is 1. The number of likely N-dealkylation sites (N-methyl/N-ethyl adjacent to an activating group) is 1. The number of nitrogens with one attached hydrogen (secondary N) is 1. The molecule has 0 saturated heterocycles. The van der Waals surface area contributed by atoms with Crippen LogP contribution >= 0.6 is 0 Å². The lowest BCUT2D eigenvalue weighted by Crippen LogP contribution is -2.43. The predicted molar refractivity (Wildman–Crippen MR) is 78.5 cm³/mol. The first kappa shape index (κ1) is 14.3. The molecule has 0 saturated carbocycles. The lowest BCUT2D eigenvalue weighted by molar-refractivity contribution is 0.415. The van der Waals surface area contributed by atoms with Gasteiger partial charge in [0.15, 0.2) is 0 Å². The van der Waals surface area contributed by atoms with Crippen LogP contribution in [-0.2, 0) is 13.6 Å². The standard InChI is InChI=1S/C14H19N3O3/c1-9(15-2)8-17-13(18)11-6-5-10(20-4)7-12(11)16(3)14(17)19/h5-7,9,15H,8H2,1-4H3. The van der Waals surface area contributed by atoms with Crippen LogP contribution < -0.4 is 21.3 Å². The van der Waals surface area contributed by atoms with Crippen molar-refractivity contribution >= 4 is 10.9 Å². The van der Waals surface area contributed by atoms with Crippen molar-refractivity contribution in [1.29, 1.82) is 0 Å². The van der Waals surface area contributed by atoms with E-state index < -0.39 is 0 Å². The van der Waals surface area contributed by atoms with E-state index in [1.807, 2.05) is 6.92 Å². The van der Waals surface area contributed by atoms with Gasteiger partial charge in [-0.1, -0.05) is 0 Å². The fourth-order valence-corrected chi connectivity index (χ4v) is 2.14. The molecule has 0 radical (unpaired) electrons. The molecule has 0 bridgehead atoms. The highest BCUT2D eigenvalue weighted by atomic mass is 16.5. The third-order valence-corrected chi connectivity index (χ3v) is 3.51. The van der Waals surface area contributed by atoms with Crippen LogP contribution in [0.4, 0.5) is 0 Å². The van der Waals surface area contributed by atoms with Crippen molar-refractivity contribution in [2.45, 2.75) is 19.5 Å². The first-order chi connectivity index (χ1) is 9.49. The maximum absolute atomic E-state index is 12.4. The molecular formula is C14H19N3O3. The molecule has 0 amide bonds. The number of aromatic nitrogens is 2. The van der Waals surface area contributed by atoms with Crippen LogP contribution in [0.3, 0.4) is 0 Å². The van der Waals surface area contributed by atoms with Gasteiger partial charge in [0, 0.05) is 25.7 Å². The number of nitrogens with zero attached hydrogens (tertiary/aromatic N) is 2. The summed E-state index contributed by atoms with van der Waals surface area (Å²) < 4.78 is 7.87. The smallest absolute Gasteiger partial charge is 0.331 e. The van der Waals surface area contributed by atoms with Crippen LogP contribution in [0.15, 0.2) is 27.8 Å². The molecule has 1 aromatic heterocycles. The maximum Gasteiger partial charge on any atom is 0.331 e. The van der Waals surface area contributed by atoms with Gasteiger partial charge in [-0.05, 0) is 26.1 Å². The minimum atomic E-state index is -0.321. The van der Waals surface area contributed by atoms with Gasteiger partial charge in [-0.25, -0.2) is 4.79 Å². The topological polar surface area (TPSA) is 65.3 Å². The Kier molecular flexibility index (Phi) is 3.94.